The van der Waals surface area contributed by atoms with Crippen LogP contribution in [0, 0.1) is 10.1 Å². The predicted molar refractivity (Wildman–Crippen MR) is 51.0 cm³/mol. The van der Waals surface area contributed by atoms with Crippen molar-refractivity contribution in [3.05, 3.63) is 33.9 Å². The minimum atomic E-state index is -2.85. The van der Waals surface area contributed by atoms with Gasteiger partial charge < -0.3 is 9.47 Å². The van der Waals surface area contributed by atoms with E-state index in [1.54, 1.807) is 0 Å². The van der Waals surface area contributed by atoms with Crippen LogP contribution in [0.15, 0.2) is 18.2 Å². The SMILES string of the molecule is [2H]C([2H])([2H])Oc1cc(C(=O)OC)ccc1[N+](=O)[O-]. The zero-order valence-electron chi connectivity index (χ0n) is 10.7. The number of hydrogen-bond acceptors (Lipinski definition) is 5. The number of methoxy groups -OCH3 is 2. The van der Waals surface area contributed by atoms with E-state index in [-0.39, 0.29) is 5.56 Å². The van der Waals surface area contributed by atoms with E-state index in [2.05, 4.69) is 9.47 Å². The van der Waals surface area contributed by atoms with Gasteiger partial charge in [-0.1, -0.05) is 0 Å². The van der Waals surface area contributed by atoms with Gasteiger partial charge in [0.1, 0.15) is 0 Å². The molecule has 1 rings (SSSR count). The number of hydrogen-bond donors (Lipinski definition) is 0. The van der Waals surface area contributed by atoms with Crippen LogP contribution in [0.2, 0.25) is 0 Å². The van der Waals surface area contributed by atoms with Crippen LogP contribution in [-0.2, 0) is 4.74 Å². The lowest BCUT2D eigenvalue weighted by Gasteiger charge is -2.03. The highest BCUT2D eigenvalue weighted by Gasteiger charge is 2.17. The topological polar surface area (TPSA) is 78.7 Å². The third-order valence-corrected chi connectivity index (χ3v) is 1.69. The van der Waals surface area contributed by atoms with Gasteiger partial charge in [0.2, 0.25) is 0 Å². The second kappa shape index (κ2) is 4.41. The Hall–Kier alpha value is -2.11. The van der Waals surface area contributed by atoms with Crippen molar-refractivity contribution in [1.82, 2.24) is 0 Å². The maximum atomic E-state index is 11.2. The van der Waals surface area contributed by atoms with Crippen LogP contribution >= 0.6 is 0 Å². The van der Waals surface area contributed by atoms with Crippen molar-refractivity contribution in [3.8, 4) is 5.75 Å². The molecule has 6 nitrogen and oxygen atoms in total. The van der Waals surface area contributed by atoms with E-state index in [0.29, 0.717) is 0 Å². The van der Waals surface area contributed by atoms with Gasteiger partial charge in [0.25, 0.3) is 0 Å². The first kappa shape index (κ1) is 7.22. The van der Waals surface area contributed by atoms with Crippen molar-refractivity contribution < 1.29 is 23.3 Å². The quantitative estimate of drug-likeness (QED) is 0.431. The number of nitro benzene ring substituents is 1. The molecule has 15 heavy (non-hydrogen) atoms. The summed E-state index contributed by atoms with van der Waals surface area (Å²) < 4.78 is 29.6. The van der Waals surface area contributed by atoms with Crippen LogP contribution in [0.5, 0.6) is 5.75 Å². The molecule has 0 unspecified atom stereocenters. The number of benzene rings is 1. The molecule has 0 aliphatic carbocycles. The number of esters is 1. The van der Waals surface area contributed by atoms with E-state index in [1.807, 2.05) is 0 Å². The van der Waals surface area contributed by atoms with Gasteiger partial charge in [-0.25, -0.2) is 4.79 Å². The molecular formula is C9H9NO5. The molecular weight excluding hydrogens is 202 g/mol. The summed E-state index contributed by atoms with van der Waals surface area (Å²) in [5.41, 5.74) is -0.582. The molecule has 0 saturated carbocycles. The lowest BCUT2D eigenvalue weighted by Crippen LogP contribution is -2.02. The third kappa shape index (κ3) is 2.22. The zero-order valence-corrected chi connectivity index (χ0v) is 7.72. The van der Waals surface area contributed by atoms with Crippen LogP contribution < -0.4 is 4.74 Å². The molecule has 6 heteroatoms. The molecule has 0 atom stereocenters. The van der Waals surface area contributed by atoms with Gasteiger partial charge in [0.15, 0.2) is 5.75 Å². The van der Waals surface area contributed by atoms with Crippen molar-refractivity contribution in [3.63, 3.8) is 0 Å². The first-order valence-electron chi connectivity index (χ1n) is 5.30. The third-order valence-electron chi connectivity index (χ3n) is 1.69. The van der Waals surface area contributed by atoms with E-state index in [4.69, 9.17) is 4.11 Å². The lowest BCUT2D eigenvalue weighted by molar-refractivity contribution is -0.385. The normalized spacial score (nSPS) is 13.3. The number of carbonyl (C=O) groups excluding carboxylic acids is 1. The summed E-state index contributed by atoms with van der Waals surface area (Å²) in [6.07, 6.45) is 0. The van der Waals surface area contributed by atoms with Crippen molar-refractivity contribution >= 4 is 11.7 Å². The fourth-order valence-corrected chi connectivity index (χ4v) is 0.992. The number of nitro groups is 1. The molecule has 1 aromatic carbocycles. The monoisotopic (exact) mass is 214 g/mol. The van der Waals surface area contributed by atoms with Gasteiger partial charge in [-0.15, -0.1) is 0 Å². The smallest absolute Gasteiger partial charge is 0.337 e. The molecule has 0 saturated heterocycles. The molecule has 0 fully saturated rings. The van der Waals surface area contributed by atoms with Gasteiger partial charge in [-0.2, -0.15) is 0 Å². The summed E-state index contributed by atoms with van der Waals surface area (Å²) in [6, 6.07) is 3.08. The van der Waals surface area contributed by atoms with E-state index >= 15 is 0 Å². The van der Waals surface area contributed by atoms with Crippen LogP contribution in [-0.4, -0.2) is 25.0 Å². The van der Waals surface area contributed by atoms with E-state index in [0.717, 1.165) is 25.3 Å². The Kier molecular flexibility index (Phi) is 2.12. The average molecular weight is 214 g/mol. The summed E-state index contributed by atoms with van der Waals surface area (Å²) in [7, 11) is -1.71. The zero-order chi connectivity index (χ0) is 13.9. The molecule has 0 aliphatic heterocycles. The van der Waals surface area contributed by atoms with Gasteiger partial charge in [0.05, 0.1) is 28.7 Å². The van der Waals surface area contributed by atoms with Crippen LogP contribution in [0.3, 0.4) is 0 Å². The van der Waals surface area contributed by atoms with E-state index in [1.165, 1.54) is 0 Å². The Morgan fingerprint density at radius 3 is 2.87 bits per heavy atom. The van der Waals surface area contributed by atoms with Crippen LogP contribution in [0.4, 0.5) is 5.69 Å². The maximum Gasteiger partial charge on any atom is 0.337 e. The number of ether oxygens (including phenoxy) is 2. The van der Waals surface area contributed by atoms with Crippen molar-refractivity contribution in [1.29, 1.82) is 0 Å². The summed E-state index contributed by atoms with van der Waals surface area (Å²) in [5, 5.41) is 10.7. The summed E-state index contributed by atoms with van der Waals surface area (Å²) in [4.78, 5) is 21.1. The van der Waals surface area contributed by atoms with E-state index in [9.17, 15) is 14.9 Å². The molecule has 0 amide bonds. The highest BCUT2D eigenvalue weighted by molar-refractivity contribution is 5.90. The molecule has 0 bridgehead atoms. The minimum absolute atomic E-state index is 0.0395. The van der Waals surface area contributed by atoms with Gasteiger partial charge >= 0.3 is 11.7 Å². The van der Waals surface area contributed by atoms with Crippen molar-refractivity contribution in [2.24, 2.45) is 0 Å². The summed E-state index contributed by atoms with van der Waals surface area (Å²) >= 11 is 0. The second-order valence-corrected chi connectivity index (χ2v) is 2.53. The maximum absolute atomic E-state index is 11.2. The Morgan fingerprint density at radius 1 is 1.60 bits per heavy atom. The van der Waals surface area contributed by atoms with Crippen molar-refractivity contribution in [2.75, 3.05) is 14.1 Å². The summed E-state index contributed by atoms with van der Waals surface area (Å²) in [5.74, 6) is -1.26. The molecule has 0 aromatic heterocycles. The second-order valence-electron chi connectivity index (χ2n) is 2.53. The molecule has 1 aromatic rings. The lowest BCUT2D eigenvalue weighted by atomic mass is 10.2. The number of rotatable bonds is 3. The first-order chi connectivity index (χ1) is 8.24. The van der Waals surface area contributed by atoms with Crippen LogP contribution in [0.1, 0.15) is 14.5 Å². The van der Waals surface area contributed by atoms with Gasteiger partial charge in [-0.05, 0) is 6.07 Å². The van der Waals surface area contributed by atoms with Gasteiger partial charge in [0, 0.05) is 12.1 Å². The molecule has 0 aliphatic rings. The Morgan fingerprint density at radius 2 is 2.33 bits per heavy atom. The fraction of sp³-hybridized carbons (Fsp3) is 0.222. The molecule has 0 radical (unpaired) electrons. The standard InChI is InChI=1S/C9H9NO5/c1-14-8-5-6(9(11)15-2)3-4-7(8)10(12)13/h3-5H,1-2H3/i1D3. The largest absolute Gasteiger partial charge is 0.490 e. The average Bonchev–Trinajstić information content (AvgIpc) is 2.25. The minimum Gasteiger partial charge on any atom is -0.490 e. The number of nitrogens with zero attached hydrogens (tertiary/aromatic N) is 1. The molecule has 0 spiro atoms. The highest BCUT2D eigenvalue weighted by Crippen LogP contribution is 2.27. The summed E-state index contributed by atoms with van der Waals surface area (Å²) in [6.45, 7) is 0. The van der Waals surface area contributed by atoms with Gasteiger partial charge in [-0.3, -0.25) is 10.1 Å². The van der Waals surface area contributed by atoms with E-state index < -0.39 is 29.4 Å². The van der Waals surface area contributed by atoms with Crippen LogP contribution in [0.25, 0.3) is 0 Å². The first-order valence-corrected chi connectivity index (χ1v) is 3.80. The Balaban J connectivity index is 3.24. The highest BCUT2D eigenvalue weighted by atomic mass is 16.6. The predicted octanol–water partition coefficient (Wildman–Crippen LogP) is 1.39. The Bertz CT molecular complexity index is 486. The molecule has 0 N–H and O–H groups in total. The van der Waals surface area contributed by atoms with Crippen molar-refractivity contribution in [2.45, 2.75) is 0 Å². The fourth-order valence-electron chi connectivity index (χ4n) is 0.992. The number of carbonyl (C=O) groups is 1. The molecule has 80 valence electrons. The molecule has 0 heterocycles. The Labute approximate surface area is 89.8 Å².